The molecule has 1 aromatic heterocycles. The van der Waals surface area contributed by atoms with Crippen LogP contribution in [-0.2, 0) is 0 Å². The van der Waals surface area contributed by atoms with Gasteiger partial charge in [-0.1, -0.05) is 54.0 Å². The Morgan fingerprint density at radius 1 is 1.04 bits per heavy atom. The molecule has 0 aliphatic heterocycles. The van der Waals surface area contributed by atoms with E-state index < -0.39 is 0 Å². The molecule has 0 aliphatic carbocycles. The third-order valence-corrected chi connectivity index (χ3v) is 4.12. The minimum absolute atomic E-state index is 0.270. The molecule has 0 spiro atoms. The summed E-state index contributed by atoms with van der Waals surface area (Å²) in [6.07, 6.45) is 1.90. The Balaban J connectivity index is 1.93. The van der Waals surface area contributed by atoms with Gasteiger partial charge in [0.1, 0.15) is 0 Å². The van der Waals surface area contributed by atoms with Crippen LogP contribution < -0.4 is 5.43 Å². The summed E-state index contributed by atoms with van der Waals surface area (Å²) >= 11 is 3.43. The van der Waals surface area contributed by atoms with Crippen LogP contribution in [-0.4, -0.2) is 10.7 Å². The van der Waals surface area contributed by atoms with Crippen molar-refractivity contribution in [3.63, 3.8) is 0 Å². The lowest BCUT2D eigenvalue weighted by Crippen LogP contribution is -2.13. The first-order valence-electron chi connectivity index (χ1n) is 7.58. The lowest BCUT2D eigenvalue weighted by Gasteiger charge is -2.11. The number of pyridine rings is 1. The van der Waals surface area contributed by atoms with Crippen molar-refractivity contribution in [2.45, 2.75) is 13.8 Å². The van der Waals surface area contributed by atoms with Gasteiger partial charge < -0.3 is 0 Å². The summed E-state index contributed by atoms with van der Waals surface area (Å²) in [5.74, 6) is 0.270. The van der Waals surface area contributed by atoms with Crippen LogP contribution in [0, 0.1) is 5.92 Å². The topological polar surface area (TPSA) is 37.3 Å². The molecular weight excluding hydrogens is 350 g/mol. The maximum Gasteiger partial charge on any atom is 0.0888 e. The molecule has 4 heteroatoms. The van der Waals surface area contributed by atoms with E-state index in [4.69, 9.17) is 0 Å². The van der Waals surface area contributed by atoms with Gasteiger partial charge in [0.25, 0.3) is 0 Å². The van der Waals surface area contributed by atoms with Crippen LogP contribution >= 0.6 is 15.9 Å². The highest BCUT2D eigenvalue weighted by atomic mass is 79.9. The van der Waals surface area contributed by atoms with Crippen LogP contribution in [0.3, 0.4) is 0 Å². The number of rotatable bonds is 4. The van der Waals surface area contributed by atoms with Crippen LogP contribution in [0.1, 0.15) is 19.5 Å². The summed E-state index contributed by atoms with van der Waals surface area (Å²) in [5, 5.41) is 6.90. The van der Waals surface area contributed by atoms with E-state index >= 15 is 0 Å². The number of fused-ring (bicyclic) bond motifs is 1. The summed E-state index contributed by atoms with van der Waals surface area (Å²) < 4.78 is 1.05. The molecule has 0 radical (unpaired) electrons. The van der Waals surface area contributed by atoms with Crippen molar-refractivity contribution in [3.8, 4) is 0 Å². The molecule has 0 unspecified atom stereocenters. The summed E-state index contributed by atoms with van der Waals surface area (Å²) in [4.78, 5) is 4.58. The van der Waals surface area contributed by atoms with Gasteiger partial charge in [0.15, 0.2) is 0 Å². The molecule has 2 aromatic carbocycles. The van der Waals surface area contributed by atoms with Crippen molar-refractivity contribution in [3.05, 3.63) is 71.0 Å². The predicted octanol–water partition coefficient (Wildman–Crippen LogP) is 5.47. The molecule has 0 amide bonds. The van der Waals surface area contributed by atoms with Crippen LogP contribution in [0.2, 0.25) is 0 Å². The zero-order valence-corrected chi connectivity index (χ0v) is 14.7. The van der Waals surface area contributed by atoms with Gasteiger partial charge in [-0.3, -0.25) is 10.4 Å². The zero-order valence-electron chi connectivity index (χ0n) is 13.1. The summed E-state index contributed by atoms with van der Waals surface area (Å²) in [5.41, 5.74) is 5.93. The number of hydrogen-bond acceptors (Lipinski definition) is 3. The standard InChI is InChI=1S/C19H18BrN3/c1-13(2)19(23-22-17-9-7-16(20)8-10-17)18-11-14-5-3-4-6-15(14)12-21-18/h3-13,22H,1-2H3/b23-19-. The normalized spacial score (nSPS) is 11.9. The molecule has 0 saturated heterocycles. The van der Waals surface area contributed by atoms with Crippen LogP contribution in [0.25, 0.3) is 10.8 Å². The highest BCUT2D eigenvalue weighted by Gasteiger charge is 2.11. The number of aromatic nitrogens is 1. The van der Waals surface area contributed by atoms with Crippen LogP contribution in [0.4, 0.5) is 5.69 Å². The molecule has 0 bridgehead atoms. The smallest absolute Gasteiger partial charge is 0.0888 e. The third kappa shape index (κ3) is 3.77. The summed E-state index contributed by atoms with van der Waals surface area (Å²) in [6.45, 7) is 4.25. The lowest BCUT2D eigenvalue weighted by atomic mass is 10.0. The Morgan fingerprint density at radius 3 is 2.43 bits per heavy atom. The van der Waals surface area contributed by atoms with Crippen molar-refractivity contribution >= 4 is 38.1 Å². The first-order chi connectivity index (χ1) is 11.1. The maximum absolute atomic E-state index is 4.59. The molecule has 0 fully saturated rings. The number of anilines is 1. The second-order valence-corrected chi connectivity index (χ2v) is 6.60. The Hall–Kier alpha value is -2.20. The van der Waals surface area contributed by atoms with E-state index in [1.165, 1.54) is 5.39 Å². The van der Waals surface area contributed by atoms with Gasteiger partial charge in [-0.25, -0.2) is 0 Å². The highest BCUT2D eigenvalue weighted by molar-refractivity contribution is 9.10. The van der Waals surface area contributed by atoms with E-state index in [1.54, 1.807) is 0 Å². The second kappa shape index (κ2) is 6.92. The van der Waals surface area contributed by atoms with Crippen molar-refractivity contribution in [2.75, 3.05) is 5.43 Å². The molecule has 3 aromatic rings. The van der Waals surface area contributed by atoms with Gasteiger partial charge in [0.05, 0.1) is 17.1 Å². The van der Waals surface area contributed by atoms with Gasteiger partial charge in [-0.2, -0.15) is 5.10 Å². The molecule has 0 saturated carbocycles. The fourth-order valence-corrected chi connectivity index (χ4v) is 2.62. The average molecular weight is 368 g/mol. The summed E-state index contributed by atoms with van der Waals surface area (Å²) in [7, 11) is 0. The van der Waals surface area contributed by atoms with E-state index in [2.05, 4.69) is 63.5 Å². The minimum atomic E-state index is 0.270. The Labute approximate surface area is 144 Å². The van der Waals surface area contributed by atoms with E-state index in [-0.39, 0.29) is 5.92 Å². The molecule has 0 aliphatic rings. The molecule has 0 atom stereocenters. The Morgan fingerprint density at radius 2 is 1.74 bits per heavy atom. The van der Waals surface area contributed by atoms with E-state index in [1.807, 2.05) is 42.6 Å². The van der Waals surface area contributed by atoms with Crippen molar-refractivity contribution in [1.82, 2.24) is 4.98 Å². The first kappa shape index (κ1) is 15.7. The van der Waals surface area contributed by atoms with E-state index in [0.717, 1.165) is 27.0 Å². The molecule has 3 rings (SSSR count). The fourth-order valence-electron chi connectivity index (χ4n) is 2.35. The van der Waals surface area contributed by atoms with Crippen molar-refractivity contribution < 1.29 is 0 Å². The number of halogens is 1. The van der Waals surface area contributed by atoms with Gasteiger partial charge in [0, 0.05) is 16.1 Å². The number of hydrogen-bond donors (Lipinski definition) is 1. The largest absolute Gasteiger partial charge is 0.278 e. The van der Waals surface area contributed by atoms with E-state index in [0.29, 0.717) is 0 Å². The molecule has 1 N–H and O–H groups in total. The minimum Gasteiger partial charge on any atom is -0.278 e. The molecular formula is C19H18BrN3. The number of nitrogens with zero attached hydrogens (tertiary/aromatic N) is 2. The molecule has 116 valence electrons. The van der Waals surface area contributed by atoms with E-state index in [9.17, 15) is 0 Å². The SMILES string of the molecule is CC(C)/C(=N/Nc1ccc(Br)cc1)c1cc2ccccc2cn1. The van der Waals surface area contributed by atoms with Crippen LogP contribution in [0.5, 0.6) is 0 Å². The van der Waals surface area contributed by atoms with Crippen LogP contribution in [0.15, 0.2) is 70.4 Å². The highest BCUT2D eigenvalue weighted by Crippen LogP contribution is 2.18. The summed E-state index contributed by atoms with van der Waals surface area (Å²) in [6, 6.07) is 18.3. The van der Waals surface area contributed by atoms with Gasteiger partial charge in [-0.05, 0) is 41.6 Å². The average Bonchev–Trinajstić information content (AvgIpc) is 2.56. The monoisotopic (exact) mass is 367 g/mol. The third-order valence-electron chi connectivity index (χ3n) is 3.59. The lowest BCUT2D eigenvalue weighted by molar-refractivity contribution is 0.875. The van der Waals surface area contributed by atoms with Gasteiger partial charge in [-0.15, -0.1) is 0 Å². The number of benzene rings is 2. The zero-order chi connectivity index (χ0) is 16.2. The number of hydrazone groups is 1. The van der Waals surface area contributed by atoms with Crippen molar-refractivity contribution in [1.29, 1.82) is 0 Å². The van der Waals surface area contributed by atoms with Gasteiger partial charge >= 0.3 is 0 Å². The molecule has 3 nitrogen and oxygen atoms in total. The van der Waals surface area contributed by atoms with Gasteiger partial charge in [0.2, 0.25) is 0 Å². The number of nitrogens with one attached hydrogen (secondary N) is 1. The molecule has 1 heterocycles. The Kier molecular flexibility index (Phi) is 4.72. The first-order valence-corrected chi connectivity index (χ1v) is 8.37. The second-order valence-electron chi connectivity index (χ2n) is 5.69. The molecule has 23 heavy (non-hydrogen) atoms. The quantitative estimate of drug-likeness (QED) is 0.490. The fraction of sp³-hybridized carbons (Fsp3) is 0.158. The Bertz CT molecular complexity index is 839. The predicted molar refractivity (Wildman–Crippen MR) is 101 cm³/mol. The maximum atomic E-state index is 4.59. The van der Waals surface area contributed by atoms with Crippen molar-refractivity contribution in [2.24, 2.45) is 11.0 Å².